The Morgan fingerprint density at radius 2 is 1.64 bits per heavy atom. The molecule has 0 aliphatic carbocycles. The van der Waals surface area contributed by atoms with Gasteiger partial charge in [0, 0.05) is 9.92 Å². The van der Waals surface area contributed by atoms with Crippen molar-refractivity contribution in [2.24, 2.45) is 0 Å². The summed E-state index contributed by atoms with van der Waals surface area (Å²) in [6.45, 7) is 10.6. The van der Waals surface area contributed by atoms with E-state index in [1.54, 1.807) is 0 Å². The van der Waals surface area contributed by atoms with E-state index in [2.05, 4.69) is 46.4 Å². The molecule has 0 fully saturated rings. The third-order valence-corrected chi connectivity index (χ3v) is 3.55. The molecular weight excluding hydrogens is 212 g/mol. The Kier molecular flexibility index (Phi) is 3.23. The predicted octanol–water partition coefficient (Wildman–Crippen LogP) is 4.54. The fraction of sp³-hybridized carbons (Fsp3) is 0.500. The first-order valence-corrected chi connectivity index (χ1v) is 5.57. The number of thiol groups is 1. The second-order valence-corrected chi connectivity index (χ2v) is 5.62. The van der Waals surface area contributed by atoms with Crippen molar-refractivity contribution < 1.29 is 0 Å². The lowest BCUT2D eigenvalue weighted by atomic mass is 9.85. The molecule has 0 aliphatic heterocycles. The second kappa shape index (κ2) is 3.79. The topological polar surface area (TPSA) is 0 Å². The number of benzene rings is 1. The Hall–Kier alpha value is -0.140. The summed E-state index contributed by atoms with van der Waals surface area (Å²) in [5, 5.41) is 0.882. The van der Waals surface area contributed by atoms with E-state index in [0.717, 1.165) is 15.5 Å². The molecule has 0 radical (unpaired) electrons. The molecule has 0 atom stereocenters. The van der Waals surface area contributed by atoms with Crippen LogP contribution in [0, 0.1) is 13.8 Å². The Labute approximate surface area is 97.1 Å². The standard InChI is InChI=1S/C12H17ClS/c1-7-8(2)11(13)9(6-10(7)14)12(3,4)5/h6,14H,1-5H3. The van der Waals surface area contributed by atoms with Crippen molar-refractivity contribution in [2.75, 3.05) is 0 Å². The largest absolute Gasteiger partial charge is 0.143 e. The number of hydrogen-bond acceptors (Lipinski definition) is 1. The summed E-state index contributed by atoms with van der Waals surface area (Å²) in [5.74, 6) is 0. The molecule has 1 aromatic rings. The number of rotatable bonds is 0. The summed E-state index contributed by atoms with van der Waals surface area (Å²) < 4.78 is 0. The summed E-state index contributed by atoms with van der Waals surface area (Å²) in [4.78, 5) is 1.02. The molecule has 0 spiro atoms. The normalized spacial score (nSPS) is 11.9. The van der Waals surface area contributed by atoms with Gasteiger partial charge in [-0.25, -0.2) is 0 Å². The van der Waals surface area contributed by atoms with Gasteiger partial charge in [0.05, 0.1) is 0 Å². The first kappa shape index (κ1) is 11.9. The van der Waals surface area contributed by atoms with E-state index in [9.17, 15) is 0 Å². The highest BCUT2D eigenvalue weighted by molar-refractivity contribution is 7.80. The number of hydrogen-bond donors (Lipinski definition) is 1. The van der Waals surface area contributed by atoms with Crippen molar-refractivity contribution >= 4 is 24.2 Å². The average molecular weight is 229 g/mol. The molecule has 1 aromatic carbocycles. The van der Waals surface area contributed by atoms with Gasteiger partial charge < -0.3 is 0 Å². The Balaban J connectivity index is 3.49. The smallest absolute Gasteiger partial charge is 0.0475 e. The summed E-state index contributed by atoms with van der Waals surface area (Å²) in [7, 11) is 0. The molecule has 0 unspecified atom stereocenters. The van der Waals surface area contributed by atoms with Gasteiger partial charge in [-0.05, 0) is 42.0 Å². The molecule has 78 valence electrons. The van der Waals surface area contributed by atoms with Crippen molar-refractivity contribution in [3.05, 3.63) is 27.8 Å². The maximum Gasteiger partial charge on any atom is 0.0475 e. The molecular formula is C12H17ClS. The fourth-order valence-corrected chi connectivity index (χ4v) is 2.19. The third kappa shape index (κ3) is 2.09. The van der Waals surface area contributed by atoms with Crippen molar-refractivity contribution in [2.45, 2.75) is 44.9 Å². The van der Waals surface area contributed by atoms with Crippen molar-refractivity contribution in [1.29, 1.82) is 0 Å². The molecule has 1 rings (SSSR count). The molecule has 0 aromatic heterocycles. The van der Waals surface area contributed by atoms with Crippen LogP contribution in [0.3, 0.4) is 0 Å². The average Bonchev–Trinajstić information content (AvgIpc) is 2.06. The van der Waals surface area contributed by atoms with Gasteiger partial charge in [0.15, 0.2) is 0 Å². The van der Waals surface area contributed by atoms with Crippen LogP contribution in [0.15, 0.2) is 11.0 Å². The monoisotopic (exact) mass is 228 g/mol. The van der Waals surface area contributed by atoms with Crippen LogP contribution in [-0.2, 0) is 5.41 Å². The van der Waals surface area contributed by atoms with E-state index < -0.39 is 0 Å². The minimum atomic E-state index is 0.0764. The minimum Gasteiger partial charge on any atom is -0.143 e. The second-order valence-electron chi connectivity index (χ2n) is 4.76. The molecule has 0 heterocycles. The molecule has 0 saturated heterocycles. The van der Waals surface area contributed by atoms with E-state index >= 15 is 0 Å². The highest BCUT2D eigenvalue weighted by atomic mass is 35.5. The van der Waals surface area contributed by atoms with Gasteiger partial charge >= 0.3 is 0 Å². The van der Waals surface area contributed by atoms with Gasteiger partial charge in [0.25, 0.3) is 0 Å². The first-order chi connectivity index (χ1) is 6.25. The quantitative estimate of drug-likeness (QED) is 0.620. The highest BCUT2D eigenvalue weighted by Crippen LogP contribution is 2.35. The lowest BCUT2D eigenvalue weighted by Gasteiger charge is -2.23. The lowest BCUT2D eigenvalue weighted by molar-refractivity contribution is 0.588. The van der Waals surface area contributed by atoms with Crippen LogP contribution in [0.2, 0.25) is 5.02 Å². The van der Waals surface area contributed by atoms with Gasteiger partial charge in [0.2, 0.25) is 0 Å². The van der Waals surface area contributed by atoms with Crippen LogP contribution in [-0.4, -0.2) is 0 Å². The molecule has 0 amide bonds. The van der Waals surface area contributed by atoms with Crippen molar-refractivity contribution in [3.8, 4) is 0 Å². The van der Waals surface area contributed by atoms with Crippen LogP contribution in [0.5, 0.6) is 0 Å². The third-order valence-electron chi connectivity index (χ3n) is 2.60. The molecule has 0 bridgehead atoms. The molecule has 2 heteroatoms. The molecule has 0 aliphatic rings. The maximum absolute atomic E-state index is 6.32. The van der Waals surface area contributed by atoms with Crippen LogP contribution in [0.4, 0.5) is 0 Å². The van der Waals surface area contributed by atoms with Crippen molar-refractivity contribution in [3.63, 3.8) is 0 Å². The summed E-state index contributed by atoms with van der Waals surface area (Å²) >= 11 is 10.8. The van der Waals surface area contributed by atoms with Crippen LogP contribution in [0.25, 0.3) is 0 Å². The van der Waals surface area contributed by atoms with E-state index in [1.165, 1.54) is 11.1 Å². The van der Waals surface area contributed by atoms with Crippen LogP contribution in [0.1, 0.15) is 37.5 Å². The lowest BCUT2D eigenvalue weighted by Crippen LogP contribution is -2.13. The Morgan fingerprint density at radius 1 is 1.14 bits per heavy atom. The van der Waals surface area contributed by atoms with Crippen LogP contribution < -0.4 is 0 Å². The summed E-state index contributed by atoms with van der Waals surface area (Å²) in [5.41, 5.74) is 3.57. The predicted molar refractivity (Wildman–Crippen MR) is 66.9 cm³/mol. The van der Waals surface area contributed by atoms with E-state index in [1.807, 2.05) is 6.92 Å². The molecule has 0 N–H and O–H groups in total. The van der Waals surface area contributed by atoms with Gasteiger partial charge in [-0.1, -0.05) is 32.4 Å². The van der Waals surface area contributed by atoms with E-state index in [-0.39, 0.29) is 5.41 Å². The Morgan fingerprint density at radius 3 is 2.07 bits per heavy atom. The number of halogens is 1. The maximum atomic E-state index is 6.32. The van der Waals surface area contributed by atoms with Crippen LogP contribution >= 0.6 is 24.2 Å². The van der Waals surface area contributed by atoms with Gasteiger partial charge in [-0.15, -0.1) is 12.6 Å². The zero-order chi connectivity index (χ0) is 11.1. The molecule has 0 nitrogen and oxygen atoms in total. The van der Waals surface area contributed by atoms with Gasteiger partial charge in [-0.3, -0.25) is 0 Å². The minimum absolute atomic E-state index is 0.0764. The Bertz CT molecular complexity index is 362. The summed E-state index contributed by atoms with van der Waals surface area (Å²) in [6.07, 6.45) is 0. The summed E-state index contributed by atoms with van der Waals surface area (Å²) in [6, 6.07) is 2.08. The highest BCUT2D eigenvalue weighted by Gasteiger charge is 2.20. The molecule has 0 saturated carbocycles. The molecule has 14 heavy (non-hydrogen) atoms. The van der Waals surface area contributed by atoms with Gasteiger partial charge in [-0.2, -0.15) is 0 Å². The zero-order valence-electron chi connectivity index (χ0n) is 9.40. The van der Waals surface area contributed by atoms with Crippen molar-refractivity contribution in [1.82, 2.24) is 0 Å². The van der Waals surface area contributed by atoms with E-state index in [4.69, 9.17) is 11.6 Å². The zero-order valence-corrected chi connectivity index (χ0v) is 11.1. The van der Waals surface area contributed by atoms with E-state index in [0.29, 0.717) is 0 Å². The fourth-order valence-electron chi connectivity index (χ4n) is 1.41. The SMILES string of the molecule is Cc1c(S)cc(C(C)(C)C)c(Cl)c1C. The first-order valence-electron chi connectivity index (χ1n) is 4.74. The van der Waals surface area contributed by atoms with Gasteiger partial charge in [0.1, 0.15) is 0 Å².